The van der Waals surface area contributed by atoms with Crippen molar-refractivity contribution in [2.45, 2.75) is 18.6 Å². The summed E-state index contributed by atoms with van der Waals surface area (Å²) in [6.07, 6.45) is 1.56. The van der Waals surface area contributed by atoms with E-state index in [0.29, 0.717) is 33.4 Å². The Hall–Kier alpha value is -3.04. The highest BCUT2D eigenvalue weighted by molar-refractivity contribution is 7.99. The fraction of sp³-hybridized carbons (Fsp3) is 0.190. The summed E-state index contributed by atoms with van der Waals surface area (Å²) in [6, 6.07) is 12.6. The number of nitrogens with one attached hydrogen (secondary N) is 1. The van der Waals surface area contributed by atoms with E-state index >= 15 is 0 Å². The van der Waals surface area contributed by atoms with Crippen molar-refractivity contribution in [1.29, 1.82) is 0 Å². The number of fused-ring (bicyclic) bond motifs is 1. The average molecular weight is 442 g/mol. The number of carbonyl (C=O) groups is 1. The van der Waals surface area contributed by atoms with Gasteiger partial charge in [0.05, 0.1) is 30.7 Å². The highest BCUT2D eigenvalue weighted by Crippen LogP contribution is 2.22. The van der Waals surface area contributed by atoms with Gasteiger partial charge in [-0.2, -0.15) is 0 Å². The largest absolute Gasteiger partial charge is 0.494 e. The number of hydrogen-bond acceptors (Lipinski definition) is 7. The molecule has 154 valence electrons. The van der Waals surface area contributed by atoms with Crippen molar-refractivity contribution >= 4 is 44.9 Å². The number of amides is 1. The van der Waals surface area contributed by atoms with Gasteiger partial charge in [0.25, 0.3) is 5.56 Å². The van der Waals surface area contributed by atoms with Crippen LogP contribution in [0.25, 0.3) is 10.2 Å². The summed E-state index contributed by atoms with van der Waals surface area (Å²) in [5.74, 6) is 1.33. The third-order valence-corrected chi connectivity index (χ3v) is 6.07. The van der Waals surface area contributed by atoms with Gasteiger partial charge in [-0.05, 0) is 54.8 Å². The Kier molecular flexibility index (Phi) is 6.20. The molecule has 1 aromatic carbocycles. The average Bonchev–Trinajstić information content (AvgIpc) is 3.42. The van der Waals surface area contributed by atoms with Crippen LogP contribution in [-0.2, 0) is 11.3 Å². The fourth-order valence-corrected chi connectivity index (χ4v) is 4.44. The maximum Gasteiger partial charge on any atom is 0.272 e. The number of rotatable bonds is 8. The lowest BCUT2D eigenvalue weighted by atomic mass is 10.3. The van der Waals surface area contributed by atoms with Crippen molar-refractivity contribution in [3.05, 3.63) is 70.2 Å². The summed E-state index contributed by atoms with van der Waals surface area (Å²) >= 11 is 2.57. The molecule has 0 aliphatic carbocycles. The molecule has 0 saturated carbocycles. The Balaban J connectivity index is 1.50. The maximum atomic E-state index is 12.9. The van der Waals surface area contributed by atoms with Crippen molar-refractivity contribution in [3.8, 4) is 5.75 Å². The van der Waals surface area contributed by atoms with Crippen LogP contribution >= 0.6 is 23.1 Å². The van der Waals surface area contributed by atoms with Crippen molar-refractivity contribution < 1.29 is 13.9 Å². The summed E-state index contributed by atoms with van der Waals surface area (Å²) in [5.41, 5.74) is 1.18. The number of ether oxygens (including phenoxy) is 1. The van der Waals surface area contributed by atoms with Crippen molar-refractivity contribution in [3.63, 3.8) is 0 Å². The molecule has 0 aliphatic rings. The summed E-state index contributed by atoms with van der Waals surface area (Å²) in [6.45, 7) is 2.76. The van der Waals surface area contributed by atoms with E-state index in [1.165, 1.54) is 23.1 Å². The third-order valence-electron chi connectivity index (χ3n) is 4.21. The van der Waals surface area contributed by atoms with Crippen molar-refractivity contribution in [2.75, 3.05) is 17.7 Å². The molecule has 4 aromatic rings. The van der Waals surface area contributed by atoms with Gasteiger partial charge in [-0.1, -0.05) is 11.8 Å². The van der Waals surface area contributed by atoms with Gasteiger partial charge in [0, 0.05) is 5.69 Å². The molecular weight excluding hydrogens is 422 g/mol. The second kappa shape index (κ2) is 9.19. The number of anilines is 1. The Labute approximate surface area is 180 Å². The van der Waals surface area contributed by atoms with Crippen molar-refractivity contribution in [2.24, 2.45) is 0 Å². The molecule has 7 nitrogen and oxygen atoms in total. The number of nitrogens with zero attached hydrogens (tertiary/aromatic N) is 2. The molecule has 3 heterocycles. The zero-order valence-electron chi connectivity index (χ0n) is 16.2. The Bertz CT molecular complexity index is 1200. The predicted octanol–water partition coefficient (Wildman–Crippen LogP) is 4.23. The highest BCUT2D eigenvalue weighted by Gasteiger charge is 2.15. The standard InChI is InChI=1S/C21H19N3O4S2/c1-2-27-15-7-5-14(6-8-15)22-18(25)13-30-21-23-17-9-11-29-19(17)20(26)24(21)12-16-4-3-10-28-16/h3-11H,2,12-13H2,1H3,(H,22,25). The molecule has 0 unspecified atom stereocenters. The number of thioether (sulfide) groups is 1. The SMILES string of the molecule is CCOc1ccc(NC(=O)CSc2nc3ccsc3c(=O)n2Cc2ccco2)cc1. The zero-order valence-corrected chi connectivity index (χ0v) is 17.8. The molecule has 30 heavy (non-hydrogen) atoms. The van der Waals surface area contributed by atoms with E-state index in [4.69, 9.17) is 9.15 Å². The summed E-state index contributed by atoms with van der Waals surface area (Å²) in [5, 5.41) is 5.16. The normalized spacial score (nSPS) is 11.0. The molecule has 0 aliphatic heterocycles. The van der Waals surface area contributed by atoms with E-state index in [1.807, 2.05) is 18.4 Å². The summed E-state index contributed by atoms with van der Waals surface area (Å²) < 4.78 is 12.9. The minimum Gasteiger partial charge on any atom is -0.494 e. The smallest absolute Gasteiger partial charge is 0.272 e. The molecule has 0 atom stereocenters. The number of carbonyl (C=O) groups excluding carboxylic acids is 1. The fourth-order valence-electron chi connectivity index (χ4n) is 2.86. The molecular formula is C21H19N3O4S2. The van der Waals surface area contributed by atoms with Crippen LogP contribution in [0.3, 0.4) is 0 Å². The number of furan rings is 1. The lowest BCUT2D eigenvalue weighted by molar-refractivity contribution is -0.113. The molecule has 0 saturated heterocycles. The Morgan fingerprint density at radius 3 is 2.83 bits per heavy atom. The molecule has 4 rings (SSSR count). The van der Waals surface area contributed by atoms with Gasteiger partial charge in [-0.15, -0.1) is 11.3 Å². The van der Waals surface area contributed by atoms with E-state index in [9.17, 15) is 9.59 Å². The minimum atomic E-state index is -0.187. The van der Waals surface area contributed by atoms with Crippen LogP contribution in [-0.4, -0.2) is 27.8 Å². The van der Waals surface area contributed by atoms with E-state index in [1.54, 1.807) is 47.2 Å². The Morgan fingerprint density at radius 2 is 2.10 bits per heavy atom. The van der Waals surface area contributed by atoms with Crippen LogP contribution in [0.2, 0.25) is 0 Å². The lowest BCUT2D eigenvalue weighted by Crippen LogP contribution is -2.24. The van der Waals surface area contributed by atoms with E-state index in [-0.39, 0.29) is 23.8 Å². The minimum absolute atomic E-state index is 0.119. The summed E-state index contributed by atoms with van der Waals surface area (Å²) in [4.78, 5) is 29.9. The summed E-state index contributed by atoms with van der Waals surface area (Å²) in [7, 11) is 0. The van der Waals surface area contributed by atoms with E-state index < -0.39 is 0 Å². The molecule has 3 aromatic heterocycles. The monoisotopic (exact) mass is 441 g/mol. The van der Waals surface area contributed by atoms with Gasteiger partial charge >= 0.3 is 0 Å². The molecule has 0 bridgehead atoms. The zero-order chi connectivity index (χ0) is 20.9. The first-order valence-electron chi connectivity index (χ1n) is 9.30. The lowest BCUT2D eigenvalue weighted by Gasteiger charge is -2.11. The van der Waals surface area contributed by atoms with Gasteiger partial charge in [0.15, 0.2) is 5.16 Å². The number of thiophene rings is 1. The molecule has 0 radical (unpaired) electrons. The van der Waals surface area contributed by atoms with Gasteiger partial charge in [-0.25, -0.2) is 4.98 Å². The first-order chi connectivity index (χ1) is 14.6. The van der Waals surface area contributed by atoms with Crippen LogP contribution < -0.4 is 15.6 Å². The molecule has 1 N–H and O–H groups in total. The molecule has 0 spiro atoms. The topological polar surface area (TPSA) is 86.4 Å². The van der Waals surface area contributed by atoms with E-state index in [0.717, 1.165) is 5.75 Å². The predicted molar refractivity (Wildman–Crippen MR) is 119 cm³/mol. The second-order valence-corrected chi connectivity index (χ2v) is 8.15. The number of benzene rings is 1. The van der Waals surface area contributed by atoms with Crippen LogP contribution in [0.5, 0.6) is 5.75 Å². The Morgan fingerprint density at radius 1 is 1.27 bits per heavy atom. The van der Waals surface area contributed by atoms with Crippen molar-refractivity contribution in [1.82, 2.24) is 9.55 Å². The molecule has 0 fully saturated rings. The molecule has 1 amide bonds. The maximum absolute atomic E-state index is 12.9. The van der Waals surface area contributed by atoms with Gasteiger partial charge in [0.1, 0.15) is 16.2 Å². The van der Waals surface area contributed by atoms with Gasteiger partial charge in [0.2, 0.25) is 5.91 Å². The quantitative estimate of drug-likeness (QED) is 0.325. The van der Waals surface area contributed by atoms with E-state index in [2.05, 4.69) is 10.3 Å². The van der Waals surface area contributed by atoms with Gasteiger partial charge in [-0.3, -0.25) is 14.2 Å². The van der Waals surface area contributed by atoms with Crippen LogP contribution in [0.1, 0.15) is 12.7 Å². The highest BCUT2D eigenvalue weighted by atomic mass is 32.2. The van der Waals surface area contributed by atoms with Crippen LogP contribution in [0.4, 0.5) is 5.69 Å². The number of hydrogen-bond donors (Lipinski definition) is 1. The molecule has 9 heteroatoms. The van der Waals surface area contributed by atoms with Crippen LogP contribution in [0.15, 0.2) is 68.5 Å². The van der Waals surface area contributed by atoms with Crippen LogP contribution in [0, 0.1) is 0 Å². The van der Waals surface area contributed by atoms with Gasteiger partial charge < -0.3 is 14.5 Å². The number of aromatic nitrogens is 2. The first-order valence-corrected chi connectivity index (χ1v) is 11.2. The first kappa shape index (κ1) is 20.2. The third kappa shape index (κ3) is 4.58. The second-order valence-electron chi connectivity index (χ2n) is 6.29.